The first-order chi connectivity index (χ1) is 3.34. The monoisotopic (exact) mass is 97.1 g/mol. The number of rotatable bonds is 1. The highest BCUT2D eigenvalue weighted by Crippen LogP contribution is 2.03. The fraction of sp³-hybridized carbons (Fsp3) is 0.400. The zero-order chi connectivity index (χ0) is 5.28. The third-order valence-electron chi connectivity index (χ3n) is 1.12. The lowest BCUT2D eigenvalue weighted by atomic mass is 10.0. The van der Waals surface area contributed by atoms with Crippen molar-refractivity contribution >= 4 is 5.91 Å². The van der Waals surface area contributed by atoms with E-state index in [0.29, 0.717) is 0 Å². The molecule has 0 aromatic rings. The fourth-order valence-electron chi connectivity index (χ4n) is 0.494. The molecule has 1 fully saturated rings. The van der Waals surface area contributed by atoms with Crippen LogP contribution < -0.4 is 5.32 Å². The fourth-order valence-corrected chi connectivity index (χ4v) is 0.494. The average Bonchev–Trinajstić information content (AvgIpc) is 1.65. The van der Waals surface area contributed by atoms with Crippen LogP contribution >= 0.6 is 0 Å². The van der Waals surface area contributed by atoms with Gasteiger partial charge in [-0.2, -0.15) is 0 Å². The predicted molar refractivity (Wildman–Crippen MR) is 26.7 cm³/mol. The molecule has 0 aromatic heterocycles. The molecule has 1 amide bonds. The van der Waals surface area contributed by atoms with Crippen molar-refractivity contribution in [2.75, 3.05) is 6.54 Å². The van der Waals surface area contributed by atoms with Gasteiger partial charge in [0.25, 0.3) is 0 Å². The molecule has 1 unspecified atom stereocenters. The molecule has 0 spiro atoms. The Bertz CT molecular complexity index is 109. The van der Waals surface area contributed by atoms with Crippen LogP contribution in [0.3, 0.4) is 0 Å². The molecule has 1 aliphatic heterocycles. The molecule has 38 valence electrons. The van der Waals surface area contributed by atoms with Gasteiger partial charge in [-0.3, -0.25) is 4.79 Å². The SMILES string of the molecule is C=CC1CNC1=O. The number of β-lactam (4-membered cyclic amide) rings is 1. The molecule has 2 heteroatoms. The first-order valence-corrected chi connectivity index (χ1v) is 2.25. The molecule has 0 radical (unpaired) electrons. The number of nitrogens with one attached hydrogen (secondary N) is 1. The molecular weight excluding hydrogens is 90.1 g/mol. The van der Waals surface area contributed by atoms with Gasteiger partial charge in [-0.25, -0.2) is 0 Å². The van der Waals surface area contributed by atoms with Gasteiger partial charge >= 0.3 is 0 Å². The lowest BCUT2D eigenvalue weighted by molar-refractivity contribution is -0.129. The van der Waals surface area contributed by atoms with E-state index >= 15 is 0 Å². The maximum absolute atomic E-state index is 10.3. The zero-order valence-corrected chi connectivity index (χ0v) is 3.98. The summed E-state index contributed by atoms with van der Waals surface area (Å²) in [7, 11) is 0. The highest BCUT2D eigenvalue weighted by atomic mass is 16.2. The van der Waals surface area contributed by atoms with Crippen molar-refractivity contribution in [1.82, 2.24) is 5.32 Å². The molecule has 7 heavy (non-hydrogen) atoms. The largest absolute Gasteiger partial charge is 0.354 e. The Balaban J connectivity index is 2.43. The van der Waals surface area contributed by atoms with Gasteiger partial charge < -0.3 is 5.32 Å². The minimum atomic E-state index is 0.0972. The summed E-state index contributed by atoms with van der Waals surface area (Å²) in [5.74, 6) is 0.204. The smallest absolute Gasteiger partial charge is 0.228 e. The number of carbonyl (C=O) groups excluding carboxylic acids is 1. The summed E-state index contributed by atoms with van der Waals surface area (Å²) in [6, 6.07) is 0. The Morgan fingerprint density at radius 1 is 2.00 bits per heavy atom. The van der Waals surface area contributed by atoms with Crippen molar-refractivity contribution in [1.29, 1.82) is 0 Å². The van der Waals surface area contributed by atoms with Crippen molar-refractivity contribution in [2.45, 2.75) is 0 Å². The molecule has 0 saturated carbocycles. The van der Waals surface area contributed by atoms with Crippen LogP contribution in [0, 0.1) is 5.92 Å². The quantitative estimate of drug-likeness (QED) is 0.360. The van der Waals surface area contributed by atoms with Gasteiger partial charge in [0.2, 0.25) is 5.91 Å². The molecule has 2 nitrogen and oxygen atoms in total. The molecule has 1 atom stereocenters. The molecule has 0 aromatic carbocycles. The van der Waals surface area contributed by atoms with Crippen molar-refractivity contribution in [2.24, 2.45) is 5.92 Å². The van der Waals surface area contributed by atoms with E-state index in [2.05, 4.69) is 11.9 Å². The van der Waals surface area contributed by atoms with Crippen LogP contribution in [0.25, 0.3) is 0 Å². The minimum absolute atomic E-state index is 0.0972. The number of amides is 1. The summed E-state index contributed by atoms with van der Waals surface area (Å²) in [6.45, 7) is 4.25. The van der Waals surface area contributed by atoms with Crippen LogP contribution in [0.15, 0.2) is 12.7 Å². The third kappa shape index (κ3) is 0.515. The van der Waals surface area contributed by atoms with Gasteiger partial charge in [0.15, 0.2) is 0 Å². The van der Waals surface area contributed by atoms with Crippen molar-refractivity contribution in [3.05, 3.63) is 12.7 Å². The summed E-state index contributed by atoms with van der Waals surface area (Å²) in [6.07, 6.45) is 1.67. The van der Waals surface area contributed by atoms with Gasteiger partial charge in [-0.05, 0) is 0 Å². The zero-order valence-electron chi connectivity index (χ0n) is 3.98. The Kier molecular flexibility index (Phi) is 0.855. The van der Waals surface area contributed by atoms with E-state index in [1.807, 2.05) is 0 Å². The standard InChI is InChI=1S/C5H7NO/c1-2-4-3-6-5(4)7/h2,4H,1,3H2,(H,6,7). The van der Waals surface area contributed by atoms with E-state index in [0.717, 1.165) is 6.54 Å². The first kappa shape index (κ1) is 4.37. The van der Waals surface area contributed by atoms with Crippen LogP contribution in [-0.2, 0) is 4.79 Å². The van der Waals surface area contributed by atoms with Gasteiger partial charge in [0, 0.05) is 6.54 Å². The van der Waals surface area contributed by atoms with Crippen LogP contribution in [0.1, 0.15) is 0 Å². The van der Waals surface area contributed by atoms with Crippen LogP contribution in [-0.4, -0.2) is 12.5 Å². The number of hydrogen-bond acceptors (Lipinski definition) is 1. The van der Waals surface area contributed by atoms with E-state index < -0.39 is 0 Å². The van der Waals surface area contributed by atoms with E-state index in [-0.39, 0.29) is 11.8 Å². The second kappa shape index (κ2) is 1.37. The Morgan fingerprint density at radius 3 is 2.71 bits per heavy atom. The normalized spacial score (nSPS) is 28.0. The van der Waals surface area contributed by atoms with Crippen LogP contribution in [0.4, 0.5) is 0 Å². The summed E-state index contributed by atoms with van der Waals surface area (Å²) in [5.41, 5.74) is 0. The lowest BCUT2D eigenvalue weighted by Gasteiger charge is -2.21. The highest BCUT2D eigenvalue weighted by molar-refractivity contribution is 5.85. The molecule has 0 bridgehead atoms. The second-order valence-corrected chi connectivity index (χ2v) is 1.59. The third-order valence-corrected chi connectivity index (χ3v) is 1.12. The summed E-state index contributed by atoms with van der Waals surface area (Å²) >= 11 is 0. The summed E-state index contributed by atoms with van der Waals surface area (Å²) in [5, 5.41) is 2.60. The molecule has 0 aliphatic carbocycles. The average molecular weight is 97.1 g/mol. The first-order valence-electron chi connectivity index (χ1n) is 2.25. The summed E-state index contributed by atoms with van der Waals surface area (Å²) < 4.78 is 0. The maximum Gasteiger partial charge on any atom is 0.228 e. The van der Waals surface area contributed by atoms with E-state index in [1.54, 1.807) is 6.08 Å². The topological polar surface area (TPSA) is 29.1 Å². The van der Waals surface area contributed by atoms with Gasteiger partial charge in [-0.15, -0.1) is 6.58 Å². The Labute approximate surface area is 42.2 Å². The lowest BCUT2D eigenvalue weighted by Crippen LogP contribution is -2.47. The number of hydrogen-bond donors (Lipinski definition) is 1. The van der Waals surface area contributed by atoms with E-state index in [4.69, 9.17) is 0 Å². The molecule has 1 rings (SSSR count). The van der Waals surface area contributed by atoms with E-state index in [1.165, 1.54) is 0 Å². The molecular formula is C5H7NO. The molecule has 1 heterocycles. The van der Waals surface area contributed by atoms with Gasteiger partial charge in [-0.1, -0.05) is 6.08 Å². The minimum Gasteiger partial charge on any atom is -0.354 e. The van der Waals surface area contributed by atoms with E-state index in [9.17, 15) is 4.79 Å². The molecule has 1 N–H and O–H groups in total. The Hall–Kier alpha value is -0.790. The van der Waals surface area contributed by atoms with Crippen molar-refractivity contribution < 1.29 is 4.79 Å². The summed E-state index contributed by atoms with van der Waals surface area (Å²) in [4.78, 5) is 10.3. The predicted octanol–water partition coefficient (Wildman–Crippen LogP) is -0.0816. The van der Waals surface area contributed by atoms with Crippen LogP contribution in [0.2, 0.25) is 0 Å². The van der Waals surface area contributed by atoms with Gasteiger partial charge in [0.05, 0.1) is 5.92 Å². The Morgan fingerprint density at radius 2 is 2.71 bits per heavy atom. The molecule has 1 aliphatic rings. The maximum atomic E-state index is 10.3. The van der Waals surface area contributed by atoms with Crippen LogP contribution in [0.5, 0.6) is 0 Å². The van der Waals surface area contributed by atoms with Gasteiger partial charge in [0.1, 0.15) is 0 Å². The number of carbonyl (C=O) groups is 1. The molecule has 1 saturated heterocycles. The highest BCUT2D eigenvalue weighted by Gasteiger charge is 2.23. The van der Waals surface area contributed by atoms with Crippen molar-refractivity contribution in [3.8, 4) is 0 Å². The van der Waals surface area contributed by atoms with Crippen molar-refractivity contribution in [3.63, 3.8) is 0 Å². The second-order valence-electron chi connectivity index (χ2n) is 1.59.